The molecule has 2 saturated heterocycles. The van der Waals surface area contributed by atoms with Crippen LogP contribution in [0.4, 0.5) is 9.59 Å². The van der Waals surface area contributed by atoms with Gasteiger partial charge in [-0.3, -0.25) is 4.18 Å². The van der Waals surface area contributed by atoms with Gasteiger partial charge >= 0.3 is 12.2 Å². The second-order valence-corrected chi connectivity index (χ2v) is 12.5. The summed E-state index contributed by atoms with van der Waals surface area (Å²) in [7, 11) is -0.989. The second-order valence-electron chi connectivity index (χ2n) is 10.9. The molecule has 3 aromatic carbocycles. The number of carbonyl (C=O) groups excluding carboxylic acids is 2. The van der Waals surface area contributed by atoms with Crippen molar-refractivity contribution in [2.24, 2.45) is 0 Å². The summed E-state index contributed by atoms with van der Waals surface area (Å²) in [6.07, 6.45) is -3.29. The lowest BCUT2D eigenvalue weighted by molar-refractivity contribution is 0.0214. The minimum Gasteiger partial charge on any atom is -0.445 e. The van der Waals surface area contributed by atoms with E-state index in [9.17, 15) is 23.1 Å². The number of methoxy groups -OCH3 is 2. The Labute approximate surface area is 269 Å². The Morgan fingerprint density at radius 1 is 0.696 bits per heavy atom. The molecule has 0 aliphatic carbocycles. The van der Waals surface area contributed by atoms with Crippen molar-refractivity contribution in [2.75, 3.05) is 40.4 Å². The molecule has 4 atom stereocenters. The van der Waals surface area contributed by atoms with E-state index in [0.717, 1.165) is 16.7 Å². The van der Waals surface area contributed by atoms with Crippen LogP contribution in [-0.4, -0.2) is 100 Å². The summed E-state index contributed by atoms with van der Waals surface area (Å²) in [6.45, 7) is 3.13. The molecule has 1 N–H and O–H groups in total. The van der Waals surface area contributed by atoms with Gasteiger partial charge in [0, 0.05) is 14.2 Å². The summed E-state index contributed by atoms with van der Waals surface area (Å²) < 4.78 is 51.3. The van der Waals surface area contributed by atoms with Crippen LogP contribution in [0.3, 0.4) is 0 Å². The third kappa shape index (κ3) is 9.74. The monoisotopic (exact) mass is 656 g/mol. The zero-order valence-corrected chi connectivity index (χ0v) is 26.9. The van der Waals surface area contributed by atoms with Crippen molar-refractivity contribution in [1.82, 2.24) is 9.80 Å². The molecule has 2 aliphatic heterocycles. The average molecular weight is 657 g/mol. The van der Waals surface area contributed by atoms with E-state index in [4.69, 9.17) is 23.1 Å². The van der Waals surface area contributed by atoms with E-state index in [0.29, 0.717) is 6.54 Å². The number of hydrogen-bond donors (Lipinski definition) is 1. The number of nitrogens with zero attached hydrogens (tertiary/aromatic N) is 2. The highest BCUT2D eigenvalue weighted by Gasteiger charge is 2.40. The van der Waals surface area contributed by atoms with Gasteiger partial charge in [0.15, 0.2) is 0 Å². The molecule has 0 unspecified atom stereocenters. The minimum absolute atomic E-state index is 0.0667. The average Bonchev–Trinajstić information content (AvgIpc) is 3.66. The Morgan fingerprint density at radius 3 is 1.63 bits per heavy atom. The van der Waals surface area contributed by atoms with Crippen molar-refractivity contribution in [2.45, 2.75) is 49.4 Å². The summed E-state index contributed by atoms with van der Waals surface area (Å²) in [5, 5.41) is 9.62. The van der Waals surface area contributed by atoms with Gasteiger partial charge < -0.3 is 33.9 Å². The first-order valence-corrected chi connectivity index (χ1v) is 16.1. The van der Waals surface area contributed by atoms with Gasteiger partial charge in [-0.25, -0.2) is 9.59 Å². The van der Waals surface area contributed by atoms with Gasteiger partial charge in [0.05, 0.1) is 37.2 Å². The van der Waals surface area contributed by atoms with E-state index >= 15 is 0 Å². The molecule has 5 rings (SSSR count). The lowest BCUT2D eigenvalue weighted by Crippen LogP contribution is -2.31. The third-order valence-electron chi connectivity index (χ3n) is 7.54. The van der Waals surface area contributed by atoms with Gasteiger partial charge in [-0.05, 0) is 30.2 Å². The highest BCUT2D eigenvalue weighted by molar-refractivity contribution is 7.86. The topological polar surface area (TPSA) is 141 Å². The number of ether oxygens (including phenoxy) is 4. The van der Waals surface area contributed by atoms with Crippen molar-refractivity contribution in [3.8, 4) is 0 Å². The normalized spacial score (nSPS) is 21.0. The van der Waals surface area contributed by atoms with Gasteiger partial charge in [-0.15, -0.1) is 0 Å². The standard InChI is InChI=1S/C20H23NO6S.C13H17NO4/c1-15-8-10-17(11-9-15)28(23,24)27-19-13-21(12-18(19)25-2)20(22)26-14-16-6-4-3-5-7-16;1-17-12-8-14(7-11(12)15)13(16)18-9-10-5-3-2-4-6-10/h3-11,18-19H,12-14H2,1-2H3;2-6,11-12,15H,7-9H2,1H3/t18-,19-;11-,12-/m00/s1. The number of rotatable bonds is 9. The van der Waals surface area contributed by atoms with E-state index in [1.54, 1.807) is 12.1 Å². The van der Waals surface area contributed by atoms with Gasteiger partial charge in [0.1, 0.15) is 31.5 Å². The van der Waals surface area contributed by atoms with Crippen molar-refractivity contribution < 1.29 is 46.2 Å². The van der Waals surface area contributed by atoms with Gasteiger partial charge in [-0.1, -0.05) is 78.4 Å². The van der Waals surface area contributed by atoms with Crippen molar-refractivity contribution >= 4 is 22.3 Å². The zero-order chi connectivity index (χ0) is 33.1. The number of aryl methyl sites for hydroxylation is 1. The number of aliphatic hydroxyl groups is 1. The molecule has 0 aromatic heterocycles. The SMILES string of the molecule is CO[C@H]1CN(C(=O)OCc2ccccc2)C[C@@H]1O.CO[C@H]1CN(C(=O)OCc2ccccc2)C[C@@H]1OS(=O)(=O)c1ccc(C)cc1. The fourth-order valence-electron chi connectivity index (χ4n) is 4.89. The van der Waals surface area contributed by atoms with Crippen molar-refractivity contribution in [3.05, 3.63) is 102 Å². The molecular formula is C33H40N2O10S. The van der Waals surface area contributed by atoms with E-state index in [1.807, 2.05) is 67.6 Å². The first kappa shape index (κ1) is 34.9. The Balaban J connectivity index is 0.000000230. The van der Waals surface area contributed by atoms with Crippen LogP contribution in [0.25, 0.3) is 0 Å². The van der Waals surface area contributed by atoms with Crippen LogP contribution in [0.2, 0.25) is 0 Å². The van der Waals surface area contributed by atoms with Crippen molar-refractivity contribution in [3.63, 3.8) is 0 Å². The van der Waals surface area contributed by atoms with Gasteiger partial charge in [-0.2, -0.15) is 8.42 Å². The van der Waals surface area contributed by atoms with E-state index in [-0.39, 0.29) is 43.8 Å². The number of hydrogen-bond acceptors (Lipinski definition) is 10. The number of carbonyl (C=O) groups is 2. The first-order chi connectivity index (χ1) is 22.1. The molecule has 46 heavy (non-hydrogen) atoms. The fourth-order valence-corrected chi connectivity index (χ4v) is 5.98. The molecule has 13 heteroatoms. The molecular weight excluding hydrogens is 616 g/mol. The molecule has 2 amide bonds. The second kappa shape index (κ2) is 16.5. The molecule has 2 aliphatic rings. The molecule has 0 spiro atoms. The Hall–Kier alpha value is -4.01. The third-order valence-corrected chi connectivity index (χ3v) is 8.89. The summed E-state index contributed by atoms with van der Waals surface area (Å²) >= 11 is 0. The van der Waals surface area contributed by atoms with Crippen LogP contribution in [0.15, 0.2) is 89.8 Å². The van der Waals surface area contributed by atoms with Crippen LogP contribution in [-0.2, 0) is 46.5 Å². The first-order valence-electron chi connectivity index (χ1n) is 14.7. The lowest BCUT2D eigenvalue weighted by Gasteiger charge is -2.17. The highest BCUT2D eigenvalue weighted by Crippen LogP contribution is 2.23. The number of amides is 2. The lowest BCUT2D eigenvalue weighted by atomic mass is 10.2. The maximum absolute atomic E-state index is 12.5. The predicted molar refractivity (Wildman–Crippen MR) is 167 cm³/mol. The zero-order valence-electron chi connectivity index (χ0n) is 26.1. The molecule has 3 aromatic rings. The van der Waals surface area contributed by atoms with E-state index < -0.39 is 40.6 Å². The Morgan fingerprint density at radius 2 is 1.15 bits per heavy atom. The predicted octanol–water partition coefficient (Wildman–Crippen LogP) is 3.75. The summed E-state index contributed by atoms with van der Waals surface area (Å²) in [6, 6.07) is 25.2. The molecule has 2 fully saturated rings. The summed E-state index contributed by atoms with van der Waals surface area (Å²) in [5.74, 6) is 0. The minimum atomic E-state index is -3.97. The van der Waals surface area contributed by atoms with Crippen molar-refractivity contribution in [1.29, 1.82) is 0 Å². The highest BCUT2D eigenvalue weighted by atomic mass is 32.2. The van der Waals surface area contributed by atoms with Crippen LogP contribution < -0.4 is 0 Å². The molecule has 2 heterocycles. The molecule has 248 valence electrons. The quantitative estimate of drug-likeness (QED) is 0.339. The van der Waals surface area contributed by atoms with Crippen LogP contribution >= 0.6 is 0 Å². The summed E-state index contributed by atoms with van der Waals surface area (Å²) in [5.41, 5.74) is 2.75. The maximum atomic E-state index is 12.5. The molecule has 0 radical (unpaired) electrons. The smallest absolute Gasteiger partial charge is 0.410 e. The summed E-state index contributed by atoms with van der Waals surface area (Å²) in [4.78, 5) is 27.0. The van der Waals surface area contributed by atoms with Crippen LogP contribution in [0.5, 0.6) is 0 Å². The Kier molecular flexibility index (Phi) is 12.5. The van der Waals surface area contributed by atoms with Gasteiger partial charge in [0.2, 0.25) is 0 Å². The largest absolute Gasteiger partial charge is 0.445 e. The number of β-amino-alcohol motifs (C(OH)–C–C–N with tert-alkyl or cyclic N) is 1. The maximum Gasteiger partial charge on any atom is 0.410 e. The van der Waals surface area contributed by atoms with Crippen LogP contribution in [0, 0.1) is 6.92 Å². The number of aliphatic hydroxyl groups excluding tert-OH is 1. The van der Waals surface area contributed by atoms with Gasteiger partial charge in [0.25, 0.3) is 10.1 Å². The van der Waals surface area contributed by atoms with E-state index in [2.05, 4.69) is 0 Å². The Bertz CT molecular complexity index is 1510. The van der Waals surface area contributed by atoms with Crippen LogP contribution in [0.1, 0.15) is 16.7 Å². The molecule has 0 saturated carbocycles. The number of benzene rings is 3. The van der Waals surface area contributed by atoms with E-state index in [1.165, 1.54) is 36.2 Å². The molecule has 0 bridgehead atoms. The fraction of sp³-hybridized carbons (Fsp3) is 0.394. The molecule has 12 nitrogen and oxygen atoms in total. The number of likely N-dealkylation sites (tertiary alicyclic amines) is 2.